The van der Waals surface area contributed by atoms with E-state index in [1.165, 1.54) is 45.4 Å². The van der Waals surface area contributed by atoms with Crippen LogP contribution in [0.15, 0.2) is 66.7 Å². The lowest BCUT2D eigenvalue weighted by Gasteiger charge is -2.22. The molecule has 2 atom stereocenters. The number of aromatic nitrogens is 3. The molecule has 1 amide bonds. The first-order valence-electron chi connectivity index (χ1n) is 15.2. The lowest BCUT2D eigenvalue weighted by Crippen LogP contribution is -2.27. The molecule has 0 N–H and O–H groups in total. The molecule has 0 radical (unpaired) electrons. The molecule has 3 heterocycles. The van der Waals surface area contributed by atoms with Crippen LogP contribution in [0.5, 0.6) is 5.88 Å². The van der Waals surface area contributed by atoms with E-state index in [0.717, 1.165) is 18.2 Å². The van der Waals surface area contributed by atoms with Crippen molar-refractivity contribution in [3.05, 3.63) is 112 Å². The van der Waals surface area contributed by atoms with E-state index < -0.39 is 35.6 Å². The number of ether oxygens (including phenoxy) is 3. The Morgan fingerprint density at radius 1 is 0.939 bits per heavy atom. The van der Waals surface area contributed by atoms with E-state index in [1.54, 1.807) is 29.2 Å². The van der Waals surface area contributed by atoms with Crippen LogP contribution >= 0.6 is 0 Å². The summed E-state index contributed by atoms with van der Waals surface area (Å²) in [7, 11) is 2.81. The lowest BCUT2D eigenvalue weighted by molar-refractivity contribution is -0.128. The van der Waals surface area contributed by atoms with Gasteiger partial charge in [0.1, 0.15) is 29.9 Å². The zero-order valence-electron chi connectivity index (χ0n) is 26.7. The Hall–Kier alpha value is -5.74. The third-order valence-electron chi connectivity index (χ3n) is 8.54. The van der Waals surface area contributed by atoms with Crippen molar-refractivity contribution < 1.29 is 37.0 Å². The van der Waals surface area contributed by atoms with Crippen LogP contribution in [0.25, 0.3) is 22.3 Å². The van der Waals surface area contributed by atoms with E-state index >= 15 is 8.78 Å². The van der Waals surface area contributed by atoms with E-state index in [1.807, 2.05) is 10.6 Å². The van der Waals surface area contributed by atoms with Crippen LogP contribution < -0.4 is 4.74 Å². The Balaban J connectivity index is 1.32. The number of hydrogen-bond donors (Lipinski definition) is 0. The van der Waals surface area contributed by atoms with Gasteiger partial charge in [-0.25, -0.2) is 27.9 Å². The Labute approximate surface area is 279 Å². The number of rotatable bonds is 9. The number of nitriles is 1. The molecule has 0 saturated carbocycles. The molecular weight excluding hydrogens is 639 g/mol. The van der Waals surface area contributed by atoms with Gasteiger partial charge in [-0.15, -0.1) is 0 Å². The van der Waals surface area contributed by atoms with Crippen molar-refractivity contribution in [2.45, 2.75) is 32.1 Å². The molecule has 10 nitrogen and oxygen atoms in total. The number of esters is 1. The highest BCUT2D eigenvalue weighted by atomic mass is 19.1. The van der Waals surface area contributed by atoms with Crippen LogP contribution in [0.4, 0.5) is 13.2 Å². The summed E-state index contributed by atoms with van der Waals surface area (Å²) < 4.78 is 63.9. The monoisotopic (exact) mass is 669 g/mol. The second kappa shape index (κ2) is 13.8. The van der Waals surface area contributed by atoms with Crippen molar-refractivity contribution in [3.63, 3.8) is 0 Å². The molecular formula is C36H30F3N5O5. The van der Waals surface area contributed by atoms with Crippen molar-refractivity contribution in [3.8, 4) is 23.2 Å². The van der Waals surface area contributed by atoms with Gasteiger partial charge in [0.2, 0.25) is 11.8 Å². The van der Waals surface area contributed by atoms with Crippen molar-refractivity contribution in [2.75, 3.05) is 27.3 Å². The molecule has 1 aliphatic rings. The minimum atomic E-state index is -0.742. The predicted molar refractivity (Wildman–Crippen MR) is 171 cm³/mol. The van der Waals surface area contributed by atoms with Crippen LogP contribution in [-0.2, 0) is 27.3 Å². The number of likely N-dealkylation sites (tertiary alicyclic amines) is 1. The van der Waals surface area contributed by atoms with Crippen molar-refractivity contribution in [1.29, 1.82) is 5.26 Å². The van der Waals surface area contributed by atoms with Crippen LogP contribution in [-0.4, -0.2) is 64.7 Å². The maximum Gasteiger partial charge on any atom is 0.337 e. The first-order chi connectivity index (χ1) is 23.6. The summed E-state index contributed by atoms with van der Waals surface area (Å²) in [5.74, 6) is -2.31. The molecule has 0 unspecified atom stereocenters. The smallest absolute Gasteiger partial charge is 0.337 e. The van der Waals surface area contributed by atoms with Gasteiger partial charge in [-0.1, -0.05) is 12.1 Å². The number of carbonyl (C=O) groups is 2. The summed E-state index contributed by atoms with van der Waals surface area (Å²) in [4.78, 5) is 35.3. The number of carbonyl (C=O) groups excluding carboxylic acids is 2. The summed E-state index contributed by atoms with van der Waals surface area (Å²) in [6.07, 6.45) is -0.551. The normalized spacial score (nSPS) is 15.7. The standard InChI is InChI=1S/C36H30F3N5O5/c1-20(45)43-17-32(33(18-43)47-2)44-31-13-22(36(46)48-3)9-10-30(31)41-34(44)14-24-12-28(39)25(15-27(24)38)29-5-4-6-35(42-29)49-19-23-8-7-21(16-40)11-26(23)37/h4-13,15,32-33H,14,17-19H2,1-3H3/t32-,33+/m1/s1. The number of amides is 1. The van der Waals surface area contributed by atoms with Gasteiger partial charge in [-0.05, 0) is 54.1 Å². The number of pyridine rings is 1. The minimum Gasteiger partial charge on any atom is -0.473 e. The number of methoxy groups -OCH3 is 2. The van der Waals surface area contributed by atoms with Crippen LogP contribution in [0.3, 0.4) is 0 Å². The molecule has 0 bridgehead atoms. The van der Waals surface area contributed by atoms with E-state index in [2.05, 4.69) is 4.98 Å². The first kappa shape index (κ1) is 33.2. The molecule has 0 spiro atoms. The van der Waals surface area contributed by atoms with Gasteiger partial charge >= 0.3 is 5.97 Å². The van der Waals surface area contributed by atoms with E-state index in [9.17, 15) is 14.0 Å². The summed E-state index contributed by atoms with van der Waals surface area (Å²) in [6.45, 7) is 1.87. The van der Waals surface area contributed by atoms with Crippen molar-refractivity contribution in [2.24, 2.45) is 0 Å². The summed E-state index contributed by atoms with van der Waals surface area (Å²) >= 11 is 0. The second-order valence-corrected chi connectivity index (χ2v) is 11.5. The quantitative estimate of drug-likeness (QED) is 0.182. The molecule has 5 aromatic rings. The average Bonchev–Trinajstić information content (AvgIpc) is 3.69. The number of imidazole rings is 1. The Morgan fingerprint density at radius 2 is 1.73 bits per heavy atom. The fourth-order valence-electron chi connectivity index (χ4n) is 6.00. The Kier molecular flexibility index (Phi) is 9.33. The van der Waals surface area contributed by atoms with Crippen molar-refractivity contribution >= 4 is 22.9 Å². The van der Waals surface area contributed by atoms with Gasteiger partial charge in [-0.3, -0.25) is 4.79 Å². The largest absolute Gasteiger partial charge is 0.473 e. The SMILES string of the molecule is COC(=O)c1ccc2nc(Cc3cc(F)c(-c4cccc(OCc5ccc(C#N)cc5F)n4)cc3F)n([C@@H]3CN(C(C)=O)C[C@@H]3OC)c2c1. The summed E-state index contributed by atoms with van der Waals surface area (Å²) in [5, 5.41) is 8.95. The van der Waals surface area contributed by atoms with Gasteiger partial charge in [0, 0.05) is 50.7 Å². The van der Waals surface area contributed by atoms with Gasteiger partial charge < -0.3 is 23.7 Å². The molecule has 1 saturated heterocycles. The zero-order chi connectivity index (χ0) is 34.8. The molecule has 1 fully saturated rings. The highest BCUT2D eigenvalue weighted by Gasteiger charge is 2.37. The van der Waals surface area contributed by atoms with Gasteiger partial charge in [0.15, 0.2) is 0 Å². The topological polar surface area (TPSA) is 120 Å². The first-order valence-corrected chi connectivity index (χ1v) is 15.2. The zero-order valence-corrected chi connectivity index (χ0v) is 26.7. The molecule has 1 aliphatic heterocycles. The number of fused-ring (bicyclic) bond motifs is 1. The molecule has 49 heavy (non-hydrogen) atoms. The number of halogens is 3. The summed E-state index contributed by atoms with van der Waals surface area (Å²) in [6, 6.07) is 17.0. The number of hydrogen-bond acceptors (Lipinski definition) is 8. The molecule has 2 aromatic heterocycles. The Morgan fingerprint density at radius 3 is 2.45 bits per heavy atom. The van der Waals surface area contributed by atoms with Crippen molar-refractivity contribution in [1.82, 2.24) is 19.4 Å². The average molecular weight is 670 g/mol. The third kappa shape index (κ3) is 6.68. The molecule has 0 aliphatic carbocycles. The highest BCUT2D eigenvalue weighted by Crippen LogP contribution is 2.33. The second-order valence-electron chi connectivity index (χ2n) is 11.5. The molecule has 6 rings (SSSR count). The Bertz CT molecular complexity index is 2130. The lowest BCUT2D eigenvalue weighted by atomic mass is 10.0. The van der Waals surface area contributed by atoms with E-state index in [-0.39, 0.29) is 64.9 Å². The maximum absolute atomic E-state index is 15.8. The highest BCUT2D eigenvalue weighted by molar-refractivity contribution is 5.93. The van der Waals surface area contributed by atoms with Gasteiger partial charge in [0.25, 0.3) is 0 Å². The summed E-state index contributed by atoms with van der Waals surface area (Å²) in [5.41, 5.74) is 1.72. The fraction of sp³-hybridized carbons (Fsp3) is 0.250. The van der Waals surface area contributed by atoms with Gasteiger partial charge in [-0.2, -0.15) is 5.26 Å². The van der Waals surface area contributed by atoms with Crippen LogP contribution in [0.1, 0.15) is 45.8 Å². The van der Waals surface area contributed by atoms with E-state index in [4.69, 9.17) is 24.5 Å². The minimum absolute atomic E-state index is 0.0186. The van der Waals surface area contributed by atoms with Crippen LogP contribution in [0, 0.1) is 28.8 Å². The predicted octanol–water partition coefficient (Wildman–Crippen LogP) is 5.76. The molecule has 250 valence electrons. The molecule has 13 heteroatoms. The number of nitrogens with zero attached hydrogens (tertiary/aromatic N) is 5. The maximum atomic E-state index is 15.8. The van der Waals surface area contributed by atoms with Crippen LogP contribution in [0.2, 0.25) is 0 Å². The van der Waals surface area contributed by atoms with Gasteiger partial charge in [0.05, 0.1) is 53.2 Å². The molecule has 3 aromatic carbocycles. The third-order valence-corrected chi connectivity index (χ3v) is 8.54. The van der Waals surface area contributed by atoms with E-state index in [0.29, 0.717) is 23.4 Å². The number of benzene rings is 3. The fourth-order valence-corrected chi connectivity index (χ4v) is 6.00.